The van der Waals surface area contributed by atoms with Crippen molar-refractivity contribution >= 4 is 11.7 Å². The van der Waals surface area contributed by atoms with Crippen molar-refractivity contribution in [2.75, 3.05) is 7.05 Å². The number of nitrogens with zero attached hydrogens (tertiary/aromatic N) is 2. The minimum Gasteiger partial charge on any atom is -0.364 e. The quantitative estimate of drug-likeness (QED) is 0.607. The fraction of sp³-hybridized carbons (Fsp3) is 0.238. The van der Waals surface area contributed by atoms with Crippen molar-refractivity contribution in [2.45, 2.75) is 25.8 Å². The van der Waals surface area contributed by atoms with Crippen molar-refractivity contribution in [3.05, 3.63) is 87.7 Å². The van der Waals surface area contributed by atoms with Gasteiger partial charge in [-0.25, -0.2) is 0 Å². The number of amides is 1. The Labute approximate surface area is 162 Å². The molecule has 3 aromatic rings. The second kappa shape index (κ2) is 8.94. The van der Waals surface area contributed by atoms with E-state index in [0.717, 1.165) is 11.1 Å². The molecule has 0 unspecified atom stereocenters. The van der Waals surface area contributed by atoms with Gasteiger partial charge in [-0.3, -0.25) is 14.4 Å². The molecule has 1 N–H and O–H groups in total. The van der Waals surface area contributed by atoms with E-state index < -0.39 is 11.5 Å². The molecule has 7 heteroatoms. The van der Waals surface area contributed by atoms with Crippen molar-refractivity contribution in [3.8, 4) is 0 Å². The molecule has 1 amide bonds. The van der Waals surface area contributed by atoms with E-state index in [1.54, 1.807) is 12.5 Å². The van der Waals surface area contributed by atoms with Crippen LogP contribution >= 0.6 is 0 Å². The molecule has 7 nitrogen and oxygen atoms in total. The van der Waals surface area contributed by atoms with Gasteiger partial charge in [0.1, 0.15) is 11.8 Å². The van der Waals surface area contributed by atoms with Crippen molar-refractivity contribution in [1.82, 2.24) is 15.0 Å². The topological polar surface area (TPSA) is 94.2 Å². The first-order valence-corrected chi connectivity index (χ1v) is 9.00. The summed E-state index contributed by atoms with van der Waals surface area (Å²) in [7, 11) is 1.46. The molecule has 0 aliphatic rings. The number of ketones is 1. The molecular weight excluding hydrogens is 358 g/mol. The van der Waals surface area contributed by atoms with Crippen LogP contribution in [0.3, 0.4) is 0 Å². The zero-order valence-electron chi connectivity index (χ0n) is 15.6. The molecule has 0 aliphatic carbocycles. The van der Waals surface area contributed by atoms with E-state index in [1.165, 1.54) is 23.9 Å². The molecule has 2 aromatic heterocycles. The Morgan fingerprint density at radius 1 is 1.18 bits per heavy atom. The van der Waals surface area contributed by atoms with Gasteiger partial charge in [-0.1, -0.05) is 35.5 Å². The van der Waals surface area contributed by atoms with Gasteiger partial charge in [0.15, 0.2) is 5.78 Å². The van der Waals surface area contributed by atoms with Crippen LogP contribution in [0.2, 0.25) is 0 Å². The lowest BCUT2D eigenvalue weighted by molar-refractivity contribution is 0.0961. The molecule has 0 saturated heterocycles. The third-order valence-electron chi connectivity index (χ3n) is 4.43. The summed E-state index contributed by atoms with van der Waals surface area (Å²) >= 11 is 0. The van der Waals surface area contributed by atoms with Gasteiger partial charge in [-0.15, -0.1) is 0 Å². The molecule has 0 atom stereocenters. The molecule has 0 saturated carbocycles. The van der Waals surface area contributed by atoms with Crippen molar-refractivity contribution < 1.29 is 14.1 Å². The molecule has 1 aromatic carbocycles. The Balaban J connectivity index is 1.84. The lowest BCUT2D eigenvalue weighted by Gasteiger charge is -2.11. The Kier molecular flexibility index (Phi) is 6.16. The number of nitrogens with one attached hydrogen (secondary N) is 1. The lowest BCUT2D eigenvalue weighted by atomic mass is 10.0. The summed E-state index contributed by atoms with van der Waals surface area (Å²) in [4.78, 5) is 37.5. The maximum absolute atomic E-state index is 12.7. The molecule has 0 bridgehead atoms. The largest absolute Gasteiger partial charge is 0.364 e. The summed E-state index contributed by atoms with van der Waals surface area (Å²) in [6.45, 7) is 0.283. The number of Topliss-reactive ketones (excluding diaryl/α,β-unsaturated/α-hetero) is 1. The fourth-order valence-corrected chi connectivity index (χ4v) is 2.93. The molecule has 0 spiro atoms. The molecule has 0 radical (unpaired) electrons. The van der Waals surface area contributed by atoms with Crippen molar-refractivity contribution in [3.63, 3.8) is 0 Å². The van der Waals surface area contributed by atoms with Crippen molar-refractivity contribution in [1.29, 1.82) is 0 Å². The summed E-state index contributed by atoms with van der Waals surface area (Å²) in [5.74, 6) is -0.630. The molecule has 28 heavy (non-hydrogen) atoms. The van der Waals surface area contributed by atoms with E-state index in [1.807, 2.05) is 30.3 Å². The van der Waals surface area contributed by atoms with E-state index in [-0.39, 0.29) is 17.9 Å². The third kappa shape index (κ3) is 4.62. The van der Waals surface area contributed by atoms with Gasteiger partial charge in [0, 0.05) is 30.8 Å². The summed E-state index contributed by atoms with van der Waals surface area (Å²) in [5, 5.41) is 6.10. The van der Waals surface area contributed by atoms with E-state index in [2.05, 4.69) is 10.5 Å². The molecule has 3 rings (SSSR count). The van der Waals surface area contributed by atoms with Crippen LogP contribution in [0.4, 0.5) is 0 Å². The number of hydrogen-bond donors (Lipinski definition) is 1. The van der Waals surface area contributed by atoms with Crippen LogP contribution in [0.1, 0.15) is 44.7 Å². The Morgan fingerprint density at radius 2 is 1.96 bits per heavy atom. The van der Waals surface area contributed by atoms with Gasteiger partial charge in [-0.05, 0) is 24.5 Å². The Morgan fingerprint density at radius 3 is 2.64 bits per heavy atom. The predicted octanol–water partition coefficient (Wildman–Crippen LogP) is 2.45. The summed E-state index contributed by atoms with van der Waals surface area (Å²) in [6.07, 6.45) is 6.28. The molecule has 0 aliphatic heterocycles. The summed E-state index contributed by atoms with van der Waals surface area (Å²) in [6, 6.07) is 10.8. The Hall–Kier alpha value is -3.48. The zero-order valence-corrected chi connectivity index (χ0v) is 15.6. The van der Waals surface area contributed by atoms with Gasteiger partial charge >= 0.3 is 0 Å². The van der Waals surface area contributed by atoms with Crippen molar-refractivity contribution in [2.24, 2.45) is 0 Å². The number of hydrogen-bond acceptors (Lipinski definition) is 5. The standard InChI is InChI=1S/C21H21N3O4/c1-22-20(26)18-10-17(19(25)9-5-8-16-11-23-28-14-16)13-24(21(18)27)12-15-6-3-2-4-7-15/h2-4,6-7,10-11,13-14H,5,8-9,12H2,1H3,(H,22,26). The number of benzene rings is 1. The molecule has 144 valence electrons. The number of carbonyl (C=O) groups is 2. The number of aryl methyl sites for hydroxylation is 1. The van der Waals surface area contributed by atoms with Crippen LogP contribution in [0.25, 0.3) is 0 Å². The van der Waals surface area contributed by atoms with E-state index >= 15 is 0 Å². The SMILES string of the molecule is CNC(=O)c1cc(C(=O)CCCc2cnoc2)cn(Cc2ccccc2)c1=O. The highest BCUT2D eigenvalue weighted by molar-refractivity contribution is 6.00. The highest BCUT2D eigenvalue weighted by Gasteiger charge is 2.17. The van der Waals surface area contributed by atoms with Crippen LogP contribution < -0.4 is 10.9 Å². The zero-order chi connectivity index (χ0) is 19.9. The lowest BCUT2D eigenvalue weighted by Crippen LogP contribution is -2.32. The monoisotopic (exact) mass is 379 g/mol. The smallest absolute Gasteiger partial charge is 0.263 e. The Bertz CT molecular complexity index is 1010. The first kappa shape index (κ1) is 19.3. The van der Waals surface area contributed by atoms with Crippen LogP contribution in [0, 0.1) is 0 Å². The first-order valence-electron chi connectivity index (χ1n) is 9.00. The van der Waals surface area contributed by atoms with Crippen LogP contribution in [0.5, 0.6) is 0 Å². The predicted molar refractivity (Wildman–Crippen MR) is 103 cm³/mol. The number of aromatic nitrogens is 2. The number of rotatable bonds is 8. The second-order valence-corrected chi connectivity index (χ2v) is 6.45. The van der Waals surface area contributed by atoms with Crippen LogP contribution in [0.15, 0.2) is 64.4 Å². The molecular formula is C21H21N3O4. The molecule has 2 heterocycles. The average molecular weight is 379 g/mol. The third-order valence-corrected chi connectivity index (χ3v) is 4.43. The van der Waals surface area contributed by atoms with Crippen LogP contribution in [-0.4, -0.2) is 28.5 Å². The van der Waals surface area contributed by atoms with Gasteiger partial charge in [0.05, 0.1) is 12.7 Å². The van der Waals surface area contributed by atoms with Gasteiger partial charge < -0.3 is 14.4 Å². The van der Waals surface area contributed by atoms with Crippen LogP contribution in [-0.2, 0) is 13.0 Å². The maximum atomic E-state index is 12.7. The minimum atomic E-state index is -0.508. The van der Waals surface area contributed by atoms with Gasteiger partial charge in [-0.2, -0.15) is 0 Å². The number of carbonyl (C=O) groups excluding carboxylic acids is 2. The maximum Gasteiger partial charge on any atom is 0.263 e. The fourth-order valence-electron chi connectivity index (χ4n) is 2.93. The summed E-state index contributed by atoms with van der Waals surface area (Å²) < 4.78 is 6.19. The van der Waals surface area contributed by atoms with Gasteiger partial charge in [0.25, 0.3) is 11.5 Å². The normalized spacial score (nSPS) is 10.6. The summed E-state index contributed by atoms with van der Waals surface area (Å²) in [5.41, 5.74) is 1.71. The highest BCUT2D eigenvalue weighted by atomic mass is 16.5. The highest BCUT2D eigenvalue weighted by Crippen LogP contribution is 2.11. The van der Waals surface area contributed by atoms with E-state index in [0.29, 0.717) is 24.8 Å². The molecule has 0 fully saturated rings. The van der Waals surface area contributed by atoms with Gasteiger partial charge in [0.2, 0.25) is 0 Å². The van der Waals surface area contributed by atoms with E-state index in [9.17, 15) is 14.4 Å². The first-order chi connectivity index (χ1) is 13.6. The number of pyridine rings is 1. The average Bonchev–Trinajstić information content (AvgIpc) is 3.23. The minimum absolute atomic E-state index is 0.0386. The second-order valence-electron chi connectivity index (χ2n) is 6.45. The van der Waals surface area contributed by atoms with E-state index in [4.69, 9.17) is 4.52 Å².